The van der Waals surface area contributed by atoms with E-state index < -0.39 is 0 Å². The monoisotopic (exact) mass is 204 g/mol. The molecule has 0 bridgehead atoms. The zero-order chi connectivity index (χ0) is 11.3. The van der Waals surface area contributed by atoms with E-state index >= 15 is 0 Å². The predicted octanol–water partition coefficient (Wildman–Crippen LogP) is 3.72. The molecule has 1 heteroatoms. The second kappa shape index (κ2) is 5.69. The molecule has 0 saturated heterocycles. The number of carbonyl (C=O) groups is 1. The lowest BCUT2D eigenvalue weighted by Gasteiger charge is -2.12. The topological polar surface area (TPSA) is 17.1 Å². The van der Waals surface area contributed by atoms with E-state index in [4.69, 9.17) is 0 Å². The minimum Gasteiger partial charge on any atom is -0.300 e. The number of hydrogen-bond acceptors (Lipinski definition) is 1. The highest BCUT2D eigenvalue weighted by Gasteiger charge is 2.06. The van der Waals surface area contributed by atoms with Crippen LogP contribution in [0.15, 0.2) is 24.3 Å². The van der Waals surface area contributed by atoms with Gasteiger partial charge in [-0.25, -0.2) is 0 Å². The van der Waals surface area contributed by atoms with Crippen molar-refractivity contribution in [2.75, 3.05) is 0 Å². The first-order valence-electron chi connectivity index (χ1n) is 5.75. The maximum absolute atomic E-state index is 10.9. The van der Waals surface area contributed by atoms with Crippen LogP contribution in [0.3, 0.4) is 0 Å². The van der Waals surface area contributed by atoms with Crippen molar-refractivity contribution in [2.24, 2.45) is 0 Å². The van der Waals surface area contributed by atoms with Crippen LogP contribution in [-0.2, 0) is 11.2 Å². The Hall–Kier alpha value is -1.11. The molecule has 1 rings (SSSR count). The van der Waals surface area contributed by atoms with Crippen molar-refractivity contribution in [3.63, 3.8) is 0 Å². The van der Waals surface area contributed by atoms with Crippen LogP contribution in [0.5, 0.6) is 0 Å². The molecule has 0 heterocycles. The van der Waals surface area contributed by atoms with Crippen LogP contribution in [0.4, 0.5) is 0 Å². The molecule has 1 aromatic rings. The standard InChI is InChI=1S/C14H20O/c1-4-13(5-2)14-8-6-12(7-9-14)10-11(3)15/h6-9,13H,4-5,10H2,1-3H3. The van der Waals surface area contributed by atoms with Gasteiger partial charge in [-0.3, -0.25) is 4.79 Å². The molecule has 1 aromatic carbocycles. The average Bonchev–Trinajstić information content (AvgIpc) is 2.21. The lowest BCUT2D eigenvalue weighted by molar-refractivity contribution is -0.116. The molecule has 0 amide bonds. The van der Waals surface area contributed by atoms with Gasteiger partial charge in [0.05, 0.1) is 0 Å². The molecule has 0 unspecified atom stereocenters. The summed E-state index contributed by atoms with van der Waals surface area (Å²) in [6.45, 7) is 6.07. The lowest BCUT2D eigenvalue weighted by Crippen LogP contribution is -1.98. The van der Waals surface area contributed by atoms with Crippen LogP contribution in [0.1, 0.15) is 50.7 Å². The molecule has 0 N–H and O–H groups in total. The van der Waals surface area contributed by atoms with Crippen molar-refractivity contribution in [2.45, 2.75) is 46.0 Å². The lowest BCUT2D eigenvalue weighted by atomic mass is 9.93. The molecule has 0 aliphatic carbocycles. The largest absolute Gasteiger partial charge is 0.300 e. The Morgan fingerprint density at radius 3 is 2.07 bits per heavy atom. The van der Waals surface area contributed by atoms with Crippen molar-refractivity contribution in [1.82, 2.24) is 0 Å². The third-order valence-electron chi connectivity index (χ3n) is 2.89. The van der Waals surface area contributed by atoms with Gasteiger partial charge in [0, 0.05) is 6.42 Å². The Morgan fingerprint density at radius 2 is 1.67 bits per heavy atom. The van der Waals surface area contributed by atoms with E-state index in [0.29, 0.717) is 12.3 Å². The zero-order valence-corrected chi connectivity index (χ0v) is 9.92. The molecule has 82 valence electrons. The third-order valence-corrected chi connectivity index (χ3v) is 2.89. The Bertz CT molecular complexity index is 307. The summed E-state index contributed by atoms with van der Waals surface area (Å²) in [4.78, 5) is 10.9. The number of rotatable bonds is 5. The molecule has 0 radical (unpaired) electrons. The van der Waals surface area contributed by atoms with E-state index in [2.05, 4.69) is 38.1 Å². The van der Waals surface area contributed by atoms with Crippen molar-refractivity contribution in [3.8, 4) is 0 Å². The van der Waals surface area contributed by atoms with E-state index in [0.717, 1.165) is 5.56 Å². The summed E-state index contributed by atoms with van der Waals surface area (Å²) in [5.41, 5.74) is 2.52. The second-order valence-corrected chi connectivity index (χ2v) is 4.13. The summed E-state index contributed by atoms with van der Waals surface area (Å²) in [5.74, 6) is 0.890. The minimum atomic E-state index is 0.227. The highest BCUT2D eigenvalue weighted by molar-refractivity contribution is 5.78. The summed E-state index contributed by atoms with van der Waals surface area (Å²) < 4.78 is 0. The van der Waals surface area contributed by atoms with E-state index in [1.54, 1.807) is 6.92 Å². The number of ketones is 1. The molecule has 15 heavy (non-hydrogen) atoms. The van der Waals surface area contributed by atoms with Gasteiger partial charge >= 0.3 is 0 Å². The van der Waals surface area contributed by atoms with E-state index in [9.17, 15) is 4.79 Å². The summed E-state index contributed by atoms with van der Waals surface area (Å²) in [7, 11) is 0. The van der Waals surface area contributed by atoms with Crippen LogP contribution < -0.4 is 0 Å². The predicted molar refractivity (Wildman–Crippen MR) is 64.2 cm³/mol. The van der Waals surface area contributed by atoms with Gasteiger partial charge in [0.15, 0.2) is 0 Å². The Morgan fingerprint density at radius 1 is 1.13 bits per heavy atom. The van der Waals surface area contributed by atoms with Crippen molar-refractivity contribution in [1.29, 1.82) is 0 Å². The van der Waals surface area contributed by atoms with Gasteiger partial charge < -0.3 is 0 Å². The quantitative estimate of drug-likeness (QED) is 0.714. The molecule has 0 atom stereocenters. The summed E-state index contributed by atoms with van der Waals surface area (Å²) in [5, 5.41) is 0. The SMILES string of the molecule is CCC(CC)c1ccc(CC(C)=O)cc1. The molecule has 0 aromatic heterocycles. The second-order valence-electron chi connectivity index (χ2n) is 4.13. The number of carbonyl (C=O) groups excluding carboxylic acids is 1. The van der Waals surface area contributed by atoms with Crippen molar-refractivity contribution in [3.05, 3.63) is 35.4 Å². The average molecular weight is 204 g/mol. The van der Waals surface area contributed by atoms with Gasteiger partial charge in [-0.2, -0.15) is 0 Å². The third kappa shape index (κ3) is 3.50. The highest BCUT2D eigenvalue weighted by Crippen LogP contribution is 2.23. The smallest absolute Gasteiger partial charge is 0.134 e. The fourth-order valence-corrected chi connectivity index (χ4v) is 1.96. The maximum Gasteiger partial charge on any atom is 0.134 e. The first-order chi connectivity index (χ1) is 7.17. The van der Waals surface area contributed by atoms with Gasteiger partial charge in [-0.05, 0) is 36.8 Å². The van der Waals surface area contributed by atoms with Crippen LogP contribution in [0.25, 0.3) is 0 Å². The van der Waals surface area contributed by atoms with Gasteiger partial charge in [-0.1, -0.05) is 38.1 Å². The molecule has 0 aliphatic heterocycles. The summed E-state index contributed by atoms with van der Waals surface area (Å²) >= 11 is 0. The fraction of sp³-hybridized carbons (Fsp3) is 0.500. The number of hydrogen-bond donors (Lipinski definition) is 0. The van der Waals surface area contributed by atoms with Crippen LogP contribution in [0, 0.1) is 0 Å². The number of Topliss-reactive ketones (excluding diaryl/α,β-unsaturated/α-hetero) is 1. The van der Waals surface area contributed by atoms with Crippen molar-refractivity contribution >= 4 is 5.78 Å². The van der Waals surface area contributed by atoms with E-state index in [-0.39, 0.29) is 5.78 Å². The van der Waals surface area contributed by atoms with E-state index in [1.807, 2.05) is 0 Å². The molecule has 0 spiro atoms. The zero-order valence-electron chi connectivity index (χ0n) is 9.92. The molecule has 0 aliphatic rings. The highest BCUT2D eigenvalue weighted by atomic mass is 16.1. The minimum absolute atomic E-state index is 0.227. The van der Waals surface area contributed by atoms with Gasteiger partial charge in [0.25, 0.3) is 0 Å². The van der Waals surface area contributed by atoms with Crippen LogP contribution >= 0.6 is 0 Å². The summed E-state index contributed by atoms with van der Waals surface area (Å²) in [6, 6.07) is 8.48. The molecule has 1 nitrogen and oxygen atoms in total. The molecular formula is C14H20O. The Labute approximate surface area is 92.5 Å². The van der Waals surface area contributed by atoms with Crippen LogP contribution in [0.2, 0.25) is 0 Å². The first-order valence-corrected chi connectivity index (χ1v) is 5.75. The Balaban J connectivity index is 2.75. The Kier molecular flexibility index (Phi) is 4.54. The molecular weight excluding hydrogens is 184 g/mol. The van der Waals surface area contributed by atoms with Gasteiger partial charge in [0.2, 0.25) is 0 Å². The first kappa shape index (κ1) is 12.0. The molecule has 0 fully saturated rings. The normalized spacial score (nSPS) is 10.7. The maximum atomic E-state index is 10.9. The van der Waals surface area contributed by atoms with Gasteiger partial charge in [-0.15, -0.1) is 0 Å². The summed E-state index contributed by atoms with van der Waals surface area (Å²) in [6.07, 6.45) is 2.92. The van der Waals surface area contributed by atoms with Crippen molar-refractivity contribution < 1.29 is 4.79 Å². The van der Waals surface area contributed by atoms with Gasteiger partial charge in [0.1, 0.15) is 5.78 Å². The van der Waals surface area contributed by atoms with E-state index in [1.165, 1.54) is 18.4 Å². The molecule has 0 saturated carbocycles. The fourth-order valence-electron chi connectivity index (χ4n) is 1.96. The van der Waals surface area contributed by atoms with Crippen LogP contribution in [-0.4, -0.2) is 5.78 Å². The number of benzene rings is 1.